The average molecular weight is 298 g/mol. The molecule has 0 aromatic heterocycles. The van der Waals surface area contributed by atoms with Gasteiger partial charge >= 0.3 is 0 Å². The molecule has 1 aromatic rings. The minimum Gasteiger partial charge on any atom is -0.497 e. The fourth-order valence-corrected chi connectivity index (χ4v) is 2.52. The fraction of sp³-hybridized carbons (Fsp3) is 0.462. The van der Waals surface area contributed by atoms with Crippen LogP contribution in [0.4, 0.5) is 0 Å². The number of hydrogen-bond donors (Lipinski definition) is 1. The molecule has 0 spiro atoms. The number of ether oxygens (including phenoxy) is 1. The molecule has 0 aliphatic heterocycles. The van der Waals surface area contributed by atoms with Gasteiger partial charge in [-0.2, -0.15) is 0 Å². The molecular formula is C13H16BrNO2. The third-order valence-corrected chi connectivity index (χ3v) is 3.82. The molecule has 1 saturated carbocycles. The summed E-state index contributed by atoms with van der Waals surface area (Å²) in [6.45, 7) is 2.20. The topological polar surface area (TPSA) is 38.3 Å². The van der Waals surface area contributed by atoms with Crippen molar-refractivity contribution < 1.29 is 9.53 Å². The van der Waals surface area contributed by atoms with E-state index in [0.29, 0.717) is 17.4 Å². The maximum Gasteiger partial charge on any atom is 0.252 e. The first-order valence-electron chi connectivity index (χ1n) is 5.74. The molecule has 1 aromatic carbocycles. The van der Waals surface area contributed by atoms with Crippen LogP contribution in [0.2, 0.25) is 0 Å². The molecular weight excluding hydrogens is 282 g/mol. The Bertz CT molecular complexity index is 427. The van der Waals surface area contributed by atoms with Gasteiger partial charge in [0.2, 0.25) is 0 Å². The van der Waals surface area contributed by atoms with Crippen LogP contribution in [0, 0.1) is 5.92 Å². The molecule has 0 bridgehead atoms. The highest BCUT2D eigenvalue weighted by atomic mass is 79.9. The van der Waals surface area contributed by atoms with E-state index in [1.54, 1.807) is 13.2 Å². The quantitative estimate of drug-likeness (QED) is 0.931. The van der Waals surface area contributed by atoms with E-state index in [-0.39, 0.29) is 5.91 Å². The van der Waals surface area contributed by atoms with E-state index in [9.17, 15) is 4.79 Å². The van der Waals surface area contributed by atoms with Crippen LogP contribution in [0.3, 0.4) is 0 Å². The van der Waals surface area contributed by atoms with Gasteiger partial charge in [-0.1, -0.05) is 6.92 Å². The van der Waals surface area contributed by atoms with Crippen LogP contribution in [-0.2, 0) is 0 Å². The van der Waals surface area contributed by atoms with Crippen LogP contribution < -0.4 is 10.1 Å². The highest BCUT2D eigenvalue weighted by molar-refractivity contribution is 9.10. The zero-order valence-corrected chi connectivity index (χ0v) is 11.6. The molecule has 0 heterocycles. The van der Waals surface area contributed by atoms with Crippen LogP contribution in [0.15, 0.2) is 22.7 Å². The van der Waals surface area contributed by atoms with Crippen molar-refractivity contribution in [3.8, 4) is 5.75 Å². The first kappa shape index (κ1) is 12.4. The smallest absolute Gasteiger partial charge is 0.252 e. The molecule has 0 radical (unpaired) electrons. The van der Waals surface area contributed by atoms with Crippen LogP contribution in [0.25, 0.3) is 0 Å². The van der Waals surface area contributed by atoms with Gasteiger partial charge in [0.05, 0.1) is 12.7 Å². The molecule has 0 unspecified atom stereocenters. The van der Waals surface area contributed by atoms with Gasteiger partial charge in [0.25, 0.3) is 5.91 Å². The van der Waals surface area contributed by atoms with E-state index < -0.39 is 0 Å². The molecule has 17 heavy (non-hydrogen) atoms. The van der Waals surface area contributed by atoms with E-state index in [0.717, 1.165) is 23.2 Å². The minimum atomic E-state index is -0.0346. The number of rotatable bonds is 3. The van der Waals surface area contributed by atoms with E-state index in [2.05, 4.69) is 28.2 Å². The number of hydrogen-bond acceptors (Lipinski definition) is 2. The molecule has 0 atom stereocenters. The number of nitrogens with one attached hydrogen (secondary N) is 1. The molecule has 0 saturated heterocycles. The van der Waals surface area contributed by atoms with Gasteiger partial charge in [-0.15, -0.1) is 0 Å². The van der Waals surface area contributed by atoms with Crippen molar-refractivity contribution in [2.75, 3.05) is 7.11 Å². The zero-order valence-electron chi connectivity index (χ0n) is 10.00. The molecule has 1 amide bonds. The van der Waals surface area contributed by atoms with Crippen LogP contribution >= 0.6 is 15.9 Å². The first-order chi connectivity index (χ1) is 8.10. The Balaban J connectivity index is 2.07. The Morgan fingerprint density at radius 3 is 2.76 bits per heavy atom. The lowest BCUT2D eigenvalue weighted by Gasteiger charge is -2.33. The lowest BCUT2D eigenvalue weighted by atomic mass is 9.82. The summed E-state index contributed by atoms with van der Waals surface area (Å²) in [6, 6.07) is 5.74. The number of benzene rings is 1. The summed E-state index contributed by atoms with van der Waals surface area (Å²) in [5.41, 5.74) is 0.629. The molecule has 1 aliphatic carbocycles. The lowest BCUT2D eigenvalue weighted by Crippen LogP contribution is -2.43. The third kappa shape index (κ3) is 2.80. The number of carbonyl (C=O) groups excluding carboxylic acids is 1. The highest BCUT2D eigenvalue weighted by Gasteiger charge is 2.27. The van der Waals surface area contributed by atoms with Gasteiger partial charge < -0.3 is 10.1 Å². The summed E-state index contributed by atoms with van der Waals surface area (Å²) in [7, 11) is 1.60. The normalized spacial score (nSPS) is 22.8. The number of halogens is 1. The Labute approximate surface area is 110 Å². The second kappa shape index (κ2) is 5.08. The Morgan fingerprint density at radius 1 is 1.47 bits per heavy atom. The predicted molar refractivity (Wildman–Crippen MR) is 70.3 cm³/mol. The van der Waals surface area contributed by atoms with E-state index in [1.807, 2.05) is 12.1 Å². The fourth-order valence-electron chi connectivity index (χ4n) is 2.09. The minimum absolute atomic E-state index is 0.0346. The van der Waals surface area contributed by atoms with Gasteiger partial charge in [0.1, 0.15) is 5.75 Å². The maximum absolute atomic E-state index is 12.0. The molecule has 3 nitrogen and oxygen atoms in total. The van der Waals surface area contributed by atoms with Crippen LogP contribution in [-0.4, -0.2) is 19.1 Å². The third-order valence-electron chi connectivity index (χ3n) is 3.13. The first-order valence-corrected chi connectivity index (χ1v) is 6.54. The Morgan fingerprint density at radius 2 is 2.18 bits per heavy atom. The van der Waals surface area contributed by atoms with Gasteiger partial charge in [-0.3, -0.25) is 4.79 Å². The molecule has 4 heteroatoms. The highest BCUT2D eigenvalue weighted by Crippen LogP contribution is 2.28. The van der Waals surface area contributed by atoms with E-state index in [4.69, 9.17) is 4.74 Å². The van der Waals surface area contributed by atoms with Crippen molar-refractivity contribution in [2.24, 2.45) is 5.92 Å². The monoisotopic (exact) mass is 297 g/mol. The van der Waals surface area contributed by atoms with Crippen LogP contribution in [0.1, 0.15) is 30.1 Å². The van der Waals surface area contributed by atoms with Gasteiger partial charge in [-0.05, 0) is 52.9 Å². The van der Waals surface area contributed by atoms with Gasteiger partial charge in [-0.25, -0.2) is 0 Å². The number of methoxy groups -OCH3 is 1. The summed E-state index contributed by atoms with van der Waals surface area (Å²) < 4.78 is 5.92. The Hall–Kier alpha value is -1.03. The average Bonchev–Trinajstić information content (AvgIpc) is 2.27. The number of amides is 1. The summed E-state index contributed by atoms with van der Waals surface area (Å²) in [6.07, 6.45) is 2.15. The zero-order chi connectivity index (χ0) is 12.4. The van der Waals surface area contributed by atoms with Crippen molar-refractivity contribution in [3.05, 3.63) is 28.2 Å². The second-order valence-electron chi connectivity index (χ2n) is 4.59. The van der Waals surface area contributed by atoms with E-state index in [1.165, 1.54) is 0 Å². The molecule has 92 valence electrons. The molecule has 2 rings (SSSR count). The van der Waals surface area contributed by atoms with Crippen molar-refractivity contribution in [1.29, 1.82) is 0 Å². The summed E-state index contributed by atoms with van der Waals surface area (Å²) >= 11 is 3.39. The predicted octanol–water partition coefficient (Wildman–Crippen LogP) is 2.99. The standard InChI is InChI=1S/C13H16BrNO2/c1-8-5-9(6-8)15-13(16)11-7-10(17-2)3-4-12(11)14/h3-4,7-9H,5-6H2,1-2H3,(H,15,16). The second-order valence-corrected chi connectivity index (χ2v) is 5.45. The summed E-state index contributed by atoms with van der Waals surface area (Å²) in [4.78, 5) is 12.0. The van der Waals surface area contributed by atoms with E-state index >= 15 is 0 Å². The maximum atomic E-state index is 12.0. The van der Waals surface area contributed by atoms with Crippen molar-refractivity contribution in [2.45, 2.75) is 25.8 Å². The number of carbonyl (C=O) groups is 1. The Kier molecular flexibility index (Phi) is 3.72. The summed E-state index contributed by atoms with van der Waals surface area (Å²) in [5.74, 6) is 1.39. The summed E-state index contributed by atoms with van der Waals surface area (Å²) in [5, 5.41) is 3.03. The molecule has 1 aliphatic rings. The van der Waals surface area contributed by atoms with Gasteiger partial charge in [0, 0.05) is 10.5 Å². The SMILES string of the molecule is COc1ccc(Br)c(C(=O)NC2CC(C)C2)c1. The van der Waals surface area contributed by atoms with Crippen LogP contribution in [0.5, 0.6) is 5.75 Å². The van der Waals surface area contributed by atoms with Crippen molar-refractivity contribution in [3.63, 3.8) is 0 Å². The van der Waals surface area contributed by atoms with Gasteiger partial charge in [0.15, 0.2) is 0 Å². The van der Waals surface area contributed by atoms with Crippen molar-refractivity contribution in [1.82, 2.24) is 5.32 Å². The lowest BCUT2D eigenvalue weighted by molar-refractivity contribution is 0.0895. The molecule has 1 fully saturated rings. The molecule has 1 N–H and O–H groups in total. The van der Waals surface area contributed by atoms with Crippen molar-refractivity contribution >= 4 is 21.8 Å². The largest absolute Gasteiger partial charge is 0.497 e.